The molecule has 1 aromatic rings. The molecule has 5 heteroatoms. The van der Waals surface area contributed by atoms with Crippen molar-refractivity contribution < 1.29 is 0 Å². The summed E-state index contributed by atoms with van der Waals surface area (Å²) < 4.78 is 0. The molecule has 4 nitrogen and oxygen atoms in total. The average Bonchev–Trinajstić information content (AvgIpc) is 3.09. The average molecular weight is 351 g/mol. The Bertz CT molecular complexity index is 498. The standard InChI is InChI=1S/C19H31ClN4/c1-2-21-19(22-12-5-6-14-24-15-7-8-16-24)23-13-11-17-9-3-4-10-18(17)20/h3-4,9-10H,2,5-8,11-16H2,1H3,(H2,21,22,23). The quantitative estimate of drug-likeness (QED) is 0.408. The zero-order valence-corrected chi connectivity index (χ0v) is 15.6. The largest absolute Gasteiger partial charge is 0.357 e. The Hall–Kier alpha value is -1.26. The van der Waals surface area contributed by atoms with Crippen molar-refractivity contribution in [2.75, 3.05) is 39.3 Å². The van der Waals surface area contributed by atoms with E-state index in [1.54, 1.807) is 0 Å². The fourth-order valence-electron chi connectivity index (χ4n) is 3.00. The summed E-state index contributed by atoms with van der Waals surface area (Å²) in [6, 6.07) is 8.01. The van der Waals surface area contributed by atoms with E-state index in [0.717, 1.165) is 43.5 Å². The number of likely N-dealkylation sites (tertiary alicyclic amines) is 1. The van der Waals surface area contributed by atoms with Crippen molar-refractivity contribution in [3.63, 3.8) is 0 Å². The zero-order valence-electron chi connectivity index (χ0n) is 14.9. The smallest absolute Gasteiger partial charge is 0.191 e. The Kier molecular flexibility index (Phi) is 9.00. The third kappa shape index (κ3) is 7.10. The lowest BCUT2D eigenvalue weighted by molar-refractivity contribution is 0.331. The molecule has 24 heavy (non-hydrogen) atoms. The lowest BCUT2D eigenvalue weighted by Crippen LogP contribution is -2.38. The van der Waals surface area contributed by atoms with Crippen LogP contribution in [0.2, 0.25) is 5.02 Å². The van der Waals surface area contributed by atoms with Crippen molar-refractivity contribution >= 4 is 17.6 Å². The molecule has 134 valence electrons. The minimum Gasteiger partial charge on any atom is -0.357 e. The van der Waals surface area contributed by atoms with E-state index in [1.807, 2.05) is 18.2 Å². The molecule has 0 saturated carbocycles. The maximum atomic E-state index is 6.20. The number of guanidine groups is 1. The van der Waals surface area contributed by atoms with Crippen LogP contribution in [0.5, 0.6) is 0 Å². The minimum absolute atomic E-state index is 0.836. The first-order chi connectivity index (χ1) is 11.8. The molecule has 1 aliphatic heterocycles. The zero-order chi connectivity index (χ0) is 17.0. The van der Waals surface area contributed by atoms with Crippen LogP contribution in [-0.4, -0.2) is 50.1 Å². The summed E-state index contributed by atoms with van der Waals surface area (Å²) in [7, 11) is 0. The summed E-state index contributed by atoms with van der Waals surface area (Å²) in [6.07, 6.45) is 6.04. The van der Waals surface area contributed by atoms with E-state index >= 15 is 0 Å². The highest BCUT2D eigenvalue weighted by Crippen LogP contribution is 2.14. The van der Waals surface area contributed by atoms with Gasteiger partial charge in [-0.1, -0.05) is 29.8 Å². The van der Waals surface area contributed by atoms with Gasteiger partial charge >= 0.3 is 0 Å². The van der Waals surface area contributed by atoms with Crippen molar-refractivity contribution in [3.8, 4) is 0 Å². The molecule has 1 aromatic carbocycles. The molecule has 0 atom stereocenters. The van der Waals surface area contributed by atoms with E-state index in [9.17, 15) is 0 Å². The first-order valence-corrected chi connectivity index (χ1v) is 9.65. The fourth-order valence-corrected chi connectivity index (χ4v) is 3.23. The first kappa shape index (κ1) is 19.1. The lowest BCUT2D eigenvalue weighted by atomic mass is 10.1. The van der Waals surface area contributed by atoms with Crippen LogP contribution in [0.15, 0.2) is 29.3 Å². The molecule has 2 N–H and O–H groups in total. The first-order valence-electron chi connectivity index (χ1n) is 9.27. The van der Waals surface area contributed by atoms with Gasteiger partial charge < -0.3 is 15.5 Å². The van der Waals surface area contributed by atoms with Gasteiger partial charge in [0.1, 0.15) is 0 Å². The SMILES string of the molecule is CCNC(=NCCCCN1CCCC1)NCCc1ccccc1Cl. The van der Waals surface area contributed by atoms with E-state index in [-0.39, 0.29) is 0 Å². The normalized spacial score (nSPS) is 15.7. The highest BCUT2D eigenvalue weighted by Gasteiger charge is 2.09. The molecular formula is C19H31ClN4. The third-order valence-electron chi connectivity index (χ3n) is 4.34. The second-order valence-corrected chi connectivity index (χ2v) is 6.69. The van der Waals surface area contributed by atoms with Crippen LogP contribution >= 0.6 is 11.6 Å². The molecule has 0 amide bonds. The Balaban J connectivity index is 1.65. The van der Waals surface area contributed by atoms with Crippen molar-refractivity contribution in [2.24, 2.45) is 4.99 Å². The number of halogens is 1. The molecule has 1 aliphatic rings. The van der Waals surface area contributed by atoms with Gasteiger partial charge in [0.15, 0.2) is 5.96 Å². The van der Waals surface area contributed by atoms with Crippen LogP contribution in [0.4, 0.5) is 0 Å². The van der Waals surface area contributed by atoms with E-state index in [4.69, 9.17) is 11.6 Å². The third-order valence-corrected chi connectivity index (χ3v) is 4.71. The van der Waals surface area contributed by atoms with Crippen molar-refractivity contribution in [1.29, 1.82) is 0 Å². The van der Waals surface area contributed by atoms with Gasteiger partial charge in [0.05, 0.1) is 0 Å². The Labute approximate surface area is 151 Å². The summed E-state index contributed by atoms with van der Waals surface area (Å²) >= 11 is 6.20. The van der Waals surface area contributed by atoms with Crippen LogP contribution in [-0.2, 0) is 6.42 Å². The number of aliphatic imine (C=N–C) groups is 1. The summed E-state index contributed by atoms with van der Waals surface area (Å²) in [5.41, 5.74) is 1.17. The van der Waals surface area contributed by atoms with Crippen molar-refractivity contribution in [1.82, 2.24) is 15.5 Å². The Morgan fingerprint density at radius 3 is 2.71 bits per heavy atom. The fraction of sp³-hybridized carbons (Fsp3) is 0.632. The second-order valence-electron chi connectivity index (χ2n) is 6.28. The van der Waals surface area contributed by atoms with Gasteiger partial charge in [0.2, 0.25) is 0 Å². The molecule has 0 radical (unpaired) electrons. The molecule has 0 aliphatic carbocycles. The summed E-state index contributed by atoms with van der Waals surface area (Å²) in [6.45, 7) is 8.50. The molecule has 0 spiro atoms. The molecule has 0 bridgehead atoms. The van der Waals surface area contributed by atoms with Crippen LogP contribution in [0.3, 0.4) is 0 Å². The molecule has 0 aromatic heterocycles. The van der Waals surface area contributed by atoms with Gasteiger partial charge in [-0.2, -0.15) is 0 Å². The van der Waals surface area contributed by atoms with Crippen LogP contribution in [0, 0.1) is 0 Å². The maximum Gasteiger partial charge on any atom is 0.191 e. The van der Waals surface area contributed by atoms with Gasteiger partial charge in [-0.15, -0.1) is 0 Å². The highest BCUT2D eigenvalue weighted by atomic mass is 35.5. The molecule has 0 unspecified atom stereocenters. The number of nitrogens with one attached hydrogen (secondary N) is 2. The lowest BCUT2D eigenvalue weighted by Gasteiger charge is -2.14. The minimum atomic E-state index is 0.836. The van der Waals surface area contributed by atoms with Gasteiger partial charge in [-0.25, -0.2) is 0 Å². The highest BCUT2D eigenvalue weighted by molar-refractivity contribution is 6.31. The van der Waals surface area contributed by atoms with Crippen LogP contribution in [0.1, 0.15) is 38.2 Å². The number of hydrogen-bond acceptors (Lipinski definition) is 2. The van der Waals surface area contributed by atoms with Gasteiger partial charge in [-0.05, 0) is 70.3 Å². The van der Waals surface area contributed by atoms with Gasteiger partial charge in [0, 0.05) is 24.7 Å². The predicted octanol–water partition coefficient (Wildman–Crippen LogP) is 3.31. The summed E-state index contributed by atoms with van der Waals surface area (Å²) in [5, 5.41) is 7.55. The number of hydrogen-bond donors (Lipinski definition) is 2. The second kappa shape index (κ2) is 11.3. The van der Waals surface area contributed by atoms with Crippen LogP contribution in [0.25, 0.3) is 0 Å². The monoisotopic (exact) mass is 350 g/mol. The number of unbranched alkanes of at least 4 members (excludes halogenated alkanes) is 1. The van der Waals surface area contributed by atoms with Crippen LogP contribution < -0.4 is 10.6 Å². The molecule has 2 rings (SSSR count). The molecular weight excluding hydrogens is 320 g/mol. The van der Waals surface area contributed by atoms with E-state index < -0.39 is 0 Å². The number of benzene rings is 1. The molecule has 1 fully saturated rings. The molecule has 1 heterocycles. The Morgan fingerprint density at radius 1 is 1.17 bits per heavy atom. The van der Waals surface area contributed by atoms with Gasteiger partial charge in [0.25, 0.3) is 0 Å². The Morgan fingerprint density at radius 2 is 1.96 bits per heavy atom. The predicted molar refractivity (Wildman–Crippen MR) is 104 cm³/mol. The van der Waals surface area contributed by atoms with Gasteiger partial charge in [-0.3, -0.25) is 4.99 Å². The maximum absolute atomic E-state index is 6.20. The summed E-state index contributed by atoms with van der Waals surface area (Å²) in [4.78, 5) is 7.24. The van der Waals surface area contributed by atoms with E-state index in [0.29, 0.717) is 0 Å². The number of rotatable bonds is 9. The molecule has 1 saturated heterocycles. The van der Waals surface area contributed by atoms with Crippen molar-refractivity contribution in [2.45, 2.75) is 39.0 Å². The van der Waals surface area contributed by atoms with E-state index in [1.165, 1.54) is 44.5 Å². The van der Waals surface area contributed by atoms with Crippen molar-refractivity contribution in [3.05, 3.63) is 34.9 Å². The topological polar surface area (TPSA) is 39.7 Å². The van der Waals surface area contributed by atoms with E-state index in [2.05, 4.69) is 33.5 Å². The summed E-state index contributed by atoms with van der Waals surface area (Å²) in [5.74, 6) is 0.908. The number of nitrogens with zero attached hydrogens (tertiary/aromatic N) is 2.